The Kier molecular flexibility index (Phi) is 6.42. The maximum atomic E-state index is 13.4. The van der Waals surface area contributed by atoms with E-state index in [4.69, 9.17) is 4.74 Å². The zero-order chi connectivity index (χ0) is 21.1. The van der Waals surface area contributed by atoms with E-state index in [1.807, 2.05) is 31.2 Å². The molecule has 0 heterocycles. The number of hydrogen-bond donors (Lipinski definition) is 1. The van der Waals surface area contributed by atoms with Crippen molar-refractivity contribution in [3.8, 4) is 5.75 Å². The lowest BCUT2D eigenvalue weighted by Crippen LogP contribution is -2.32. The minimum atomic E-state index is -4.58. The van der Waals surface area contributed by atoms with Gasteiger partial charge >= 0.3 is 6.18 Å². The molecule has 0 saturated carbocycles. The van der Waals surface area contributed by atoms with E-state index in [9.17, 15) is 18.0 Å². The summed E-state index contributed by atoms with van der Waals surface area (Å²) < 4.78 is 45.4. The summed E-state index contributed by atoms with van der Waals surface area (Å²) >= 11 is 0. The van der Waals surface area contributed by atoms with Crippen LogP contribution < -0.4 is 10.1 Å². The van der Waals surface area contributed by atoms with Crippen molar-refractivity contribution in [1.82, 2.24) is 0 Å². The molecule has 3 nitrogen and oxygen atoms in total. The molecule has 0 unspecified atom stereocenters. The van der Waals surface area contributed by atoms with Gasteiger partial charge < -0.3 is 10.1 Å². The third-order valence-electron chi connectivity index (χ3n) is 4.29. The molecule has 0 fully saturated rings. The second-order valence-electron chi connectivity index (χ2n) is 7.88. The monoisotopic (exact) mass is 393 g/mol. The summed E-state index contributed by atoms with van der Waals surface area (Å²) in [5.41, 5.74) is 0.498. The number of anilines is 1. The Morgan fingerprint density at radius 1 is 1.07 bits per heavy atom. The second-order valence-corrected chi connectivity index (χ2v) is 7.88. The molecule has 2 rings (SSSR count). The quantitative estimate of drug-likeness (QED) is 0.653. The summed E-state index contributed by atoms with van der Waals surface area (Å²) in [5, 5.41) is 2.61. The zero-order valence-corrected chi connectivity index (χ0v) is 16.8. The highest BCUT2D eigenvalue weighted by molar-refractivity contribution is 5.95. The summed E-state index contributed by atoms with van der Waals surface area (Å²) in [7, 11) is 0. The van der Waals surface area contributed by atoms with Crippen LogP contribution >= 0.6 is 0 Å². The van der Waals surface area contributed by atoms with Crippen molar-refractivity contribution < 1.29 is 22.7 Å². The molecule has 2 aromatic rings. The van der Waals surface area contributed by atoms with Crippen molar-refractivity contribution in [2.45, 2.75) is 53.3 Å². The average Bonchev–Trinajstić information content (AvgIpc) is 2.56. The molecule has 1 N–H and O–H groups in total. The van der Waals surface area contributed by atoms with Crippen LogP contribution in [0.1, 0.15) is 44.4 Å². The van der Waals surface area contributed by atoms with E-state index in [-0.39, 0.29) is 17.3 Å². The predicted molar refractivity (Wildman–Crippen MR) is 105 cm³/mol. The Morgan fingerprint density at radius 2 is 1.68 bits per heavy atom. The summed E-state index contributed by atoms with van der Waals surface area (Å²) in [4.78, 5) is 12.7. The first kappa shape index (κ1) is 21.8. The number of ether oxygens (including phenoxy) is 1. The van der Waals surface area contributed by atoms with E-state index in [1.165, 1.54) is 12.1 Å². The van der Waals surface area contributed by atoms with E-state index in [0.29, 0.717) is 6.42 Å². The van der Waals surface area contributed by atoms with Gasteiger partial charge in [-0.15, -0.1) is 0 Å². The molecule has 0 saturated heterocycles. The number of carbonyl (C=O) groups is 1. The van der Waals surface area contributed by atoms with Crippen LogP contribution in [-0.4, -0.2) is 12.0 Å². The highest BCUT2D eigenvalue weighted by atomic mass is 19.4. The second kappa shape index (κ2) is 8.25. The average molecular weight is 393 g/mol. The minimum absolute atomic E-state index is 0.0883. The largest absolute Gasteiger partial charge is 0.490 e. The molecule has 0 atom stereocenters. The topological polar surface area (TPSA) is 38.3 Å². The first-order valence-corrected chi connectivity index (χ1v) is 9.13. The Hall–Kier alpha value is -2.50. The van der Waals surface area contributed by atoms with Crippen molar-refractivity contribution in [1.29, 1.82) is 0 Å². The highest BCUT2D eigenvalue weighted by Crippen LogP contribution is 2.38. The maximum Gasteiger partial charge on any atom is 0.420 e. The first-order chi connectivity index (χ1) is 12.9. The standard InChI is InChI=1S/C22H26F3NO2/c1-14(2)28-19-11-10-17(12-18(19)22(23,24)25)26-20(27)21(4,5)13-16-8-6-15(3)7-9-16/h6-12,14H,13H2,1-5H3,(H,26,27). The van der Waals surface area contributed by atoms with Crippen LogP contribution in [-0.2, 0) is 17.4 Å². The highest BCUT2D eigenvalue weighted by Gasteiger charge is 2.35. The summed E-state index contributed by atoms with van der Waals surface area (Å²) in [6, 6.07) is 11.4. The maximum absolute atomic E-state index is 13.4. The van der Waals surface area contributed by atoms with Crippen LogP contribution in [0.3, 0.4) is 0 Å². The van der Waals surface area contributed by atoms with Crippen LogP contribution in [0.4, 0.5) is 18.9 Å². The predicted octanol–water partition coefficient (Wildman–Crippen LogP) is 6.01. The van der Waals surface area contributed by atoms with Gasteiger partial charge in [-0.2, -0.15) is 13.2 Å². The van der Waals surface area contributed by atoms with Crippen LogP contribution in [0, 0.1) is 12.3 Å². The summed E-state index contributed by atoms with van der Waals surface area (Å²) in [6.45, 7) is 8.83. The van der Waals surface area contributed by atoms with E-state index in [2.05, 4.69) is 5.32 Å². The Morgan fingerprint density at radius 3 is 2.21 bits per heavy atom. The van der Waals surface area contributed by atoms with Gasteiger partial charge in [-0.1, -0.05) is 43.7 Å². The third kappa shape index (κ3) is 5.75. The van der Waals surface area contributed by atoms with Gasteiger partial charge in [0.1, 0.15) is 5.75 Å². The van der Waals surface area contributed by atoms with E-state index in [0.717, 1.165) is 17.2 Å². The number of hydrogen-bond acceptors (Lipinski definition) is 2. The van der Waals surface area contributed by atoms with Gasteiger partial charge in [0.05, 0.1) is 11.7 Å². The zero-order valence-electron chi connectivity index (χ0n) is 16.8. The van der Waals surface area contributed by atoms with Gasteiger partial charge in [0.15, 0.2) is 0 Å². The Bertz CT molecular complexity index is 825. The molecular weight excluding hydrogens is 367 g/mol. The molecule has 0 aliphatic carbocycles. The summed E-state index contributed by atoms with van der Waals surface area (Å²) in [5.74, 6) is -0.599. The molecule has 0 radical (unpaired) electrons. The van der Waals surface area contributed by atoms with Gasteiger partial charge in [-0.05, 0) is 51.0 Å². The fourth-order valence-electron chi connectivity index (χ4n) is 2.78. The van der Waals surface area contributed by atoms with Crippen molar-refractivity contribution in [3.63, 3.8) is 0 Å². The Labute approximate surface area is 163 Å². The molecule has 2 aromatic carbocycles. The number of carbonyl (C=O) groups excluding carboxylic acids is 1. The van der Waals surface area contributed by atoms with Crippen LogP contribution in [0.2, 0.25) is 0 Å². The van der Waals surface area contributed by atoms with Gasteiger partial charge in [0, 0.05) is 11.1 Å². The molecule has 0 aliphatic heterocycles. The molecule has 28 heavy (non-hydrogen) atoms. The molecule has 6 heteroatoms. The molecule has 0 aliphatic rings. The van der Waals surface area contributed by atoms with Crippen molar-refractivity contribution in [3.05, 3.63) is 59.2 Å². The lowest BCUT2D eigenvalue weighted by atomic mass is 9.84. The Balaban J connectivity index is 2.21. The fourth-order valence-corrected chi connectivity index (χ4v) is 2.78. The van der Waals surface area contributed by atoms with Crippen molar-refractivity contribution in [2.24, 2.45) is 5.41 Å². The van der Waals surface area contributed by atoms with Gasteiger partial charge in [0.2, 0.25) is 5.91 Å². The number of nitrogens with one attached hydrogen (secondary N) is 1. The summed E-state index contributed by atoms with van der Waals surface area (Å²) in [6.07, 6.45) is -4.50. The van der Waals surface area contributed by atoms with Gasteiger partial charge in [-0.25, -0.2) is 0 Å². The first-order valence-electron chi connectivity index (χ1n) is 9.13. The van der Waals surface area contributed by atoms with Gasteiger partial charge in [-0.3, -0.25) is 4.79 Å². The molecule has 0 spiro atoms. The van der Waals surface area contributed by atoms with Crippen LogP contribution in [0.5, 0.6) is 5.75 Å². The molecule has 1 amide bonds. The molecule has 0 bridgehead atoms. The number of aryl methyl sites for hydroxylation is 1. The van der Waals surface area contributed by atoms with Crippen LogP contribution in [0.25, 0.3) is 0 Å². The van der Waals surface area contributed by atoms with Gasteiger partial charge in [0.25, 0.3) is 0 Å². The fraction of sp³-hybridized carbons (Fsp3) is 0.409. The lowest BCUT2D eigenvalue weighted by molar-refractivity contribution is -0.139. The number of amides is 1. The van der Waals surface area contributed by atoms with E-state index in [1.54, 1.807) is 27.7 Å². The lowest BCUT2D eigenvalue weighted by Gasteiger charge is -2.24. The third-order valence-corrected chi connectivity index (χ3v) is 4.29. The minimum Gasteiger partial charge on any atom is -0.490 e. The smallest absolute Gasteiger partial charge is 0.420 e. The van der Waals surface area contributed by atoms with Crippen LogP contribution in [0.15, 0.2) is 42.5 Å². The number of benzene rings is 2. The van der Waals surface area contributed by atoms with Crippen molar-refractivity contribution in [2.75, 3.05) is 5.32 Å². The van der Waals surface area contributed by atoms with E-state index >= 15 is 0 Å². The van der Waals surface area contributed by atoms with E-state index < -0.39 is 23.3 Å². The molecule has 0 aromatic heterocycles. The molecule has 152 valence electrons. The van der Waals surface area contributed by atoms with Crippen molar-refractivity contribution >= 4 is 11.6 Å². The number of rotatable bonds is 6. The number of halogens is 3. The normalized spacial score (nSPS) is 12.2. The number of alkyl halides is 3. The SMILES string of the molecule is Cc1ccc(CC(C)(C)C(=O)Nc2ccc(OC(C)C)c(C(F)(F)F)c2)cc1. The molecular formula is C22H26F3NO2.